The largest absolute Gasteiger partial charge is 0.477 e. The minimum Gasteiger partial charge on any atom is -0.477 e. The number of aliphatic carboxylic acids is 1. The Balaban J connectivity index is 4.16. The zero-order valence-corrected chi connectivity index (χ0v) is 42.0. The van der Waals surface area contributed by atoms with Crippen LogP contribution < -0.4 is 0 Å². The summed E-state index contributed by atoms with van der Waals surface area (Å²) >= 11 is 0. The van der Waals surface area contributed by atoms with Crippen LogP contribution in [-0.2, 0) is 33.3 Å². The lowest BCUT2D eigenvalue weighted by Crippen LogP contribution is -2.40. The summed E-state index contributed by atoms with van der Waals surface area (Å²) in [5, 5.41) is 9.66. The standard InChI is InChI=1S/C54H101NO8/c1-6-8-10-12-14-16-18-19-20-21-22-23-24-25-26-27-28-29-30-31-32-33-35-37-39-41-43-45-52(57)63-50(49-62-54(53(58)59)60-47-46-55(3,4)5)48-61-51(56)44-42-40-38-36-34-17-15-13-11-9-7-2/h18-19,21-22,50,54H,6-17,20,23-49H2,1-5H3/p+1/b19-18-,22-21-. The molecule has 0 aliphatic carbocycles. The highest BCUT2D eigenvalue weighted by Crippen LogP contribution is 2.16. The third-order valence-electron chi connectivity index (χ3n) is 11.7. The second-order valence-electron chi connectivity index (χ2n) is 19.2. The molecule has 0 heterocycles. The molecule has 0 aliphatic rings. The molecule has 370 valence electrons. The van der Waals surface area contributed by atoms with E-state index >= 15 is 0 Å². The maximum absolute atomic E-state index is 12.8. The number of hydrogen-bond acceptors (Lipinski definition) is 7. The number of carbonyl (C=O) groups is 3. The van der Waals surface area contributed by atoms with Crippen molar-refractivity contribution in [2.45, 2.75) is 257 Å². The quantitative estimate of drug-likeness (QED) is 0.0211. The molecule has 0 saturated carbocycles. The predicted octanol–water partition coefficient (Wildman–Crippen LogP) is 14.8. The molecule has 9 nitrogen and oxygen atoms in total. The van der Waals surface area contributed by atoms with Gasteiger partial charge in [-0.25, -0.2) is 4.79 Å². The fourth-order valence-electron chi connectivity index (χ4n) is 7.57. The van der Waals surface area contributed by atoms with Crippen LogP contribution >= 0.6 is 0 Å². The Kier molecular flexibility index (Phi) is 44.7. The average Bonchev–Trinajstić information content (AvgIpc) is 3.24. The molecular weight excluding hydrogens is 791 g/mol. The summed E-state index contributed by atoms with van der Waals surface area (Å²) in [5.41, 5.74) is 0. The molecule has 0 aromatic rings. The van der Waals surface area contributed by atoms with Gasteiger partial charge in [-0.2, -0.15) is 0 Å². The van der Waals surface area contributed by atoms with Gasteiger partial charge in [0.1, 0.15) is 13.2 Å². The van der Waals surface area contributed by atoms with Crippen molar-refractivity contribution in [3.05, 3.63) is 24.3 Å². The Hall–Kier alpha value is -2.23. The molecule has 2 unspecified atom stereocenters. The summed E-state index contributed by atoms with van der Waals surface area (Å²) in [6, 6.07) is 0. The maximum atomic E-state index is 12.8. The summed E-state index contributed by atoms with van der Waals surface area (Å²) in [4.78, 5) is 37.2. The number of esters is 2. The summed E-state index contributed by atoms with van der Waals surface area (Å²) < 4.78 is 22.8. The molecule has 0 bridgehead atoms. The topological polar surface area (TPSA) is 108 Å². The molecule has 9 heteroatoms. The van der Waals surface area contributed by atoms with Gasteiger partial charge in [-0.1, -0.05) is 212 Å². The van der Waals surface area contributed by atoms with Gasteiger partial charge in [-0.05, 0) is 44.9 Å². The molecule has 0 aromatic carbocycles. The highest BCUT2D eigenvalue weighted by molar-refractivity contribution is 5.71. The van der Waals surface area contributed by atoms with E-state index in [-0.39, 0.29) is 32.2 Å². The molecule has 1 N–H and O–H groups in total. The number of carbonyl (C=O) groups excluding carboxylic acids is 2. The first-order valence-electron chi connectivity index (χ1n) is 26.5. The first-order chi connectivity index (χ1) is 30.6. The number of allylic oxidation sites excluding steroid dienone is 4. The number of carboxylic acids is 1. The number of unbranched alkanes of at least 4 members (excludes halogenated alkanes) is 30. The van der Waals surface area contributed by atoms with Crippen molar-refractivity contribution >= 4 is 17.9 Å². The van der Waals surface area contributed by atoms with Crippen LogP contribution in [0.3, 0.4) is 0 Å². The van der Waals surface area contributed by atoms with E-state index in [1.807, 2.05) is 21.1 Å². The lowest BCUT2D eigenvalue weighted by molar-refractivity contribution is -0.870. The lowest BCUT2D eigenvalue weighted by Gasteiger charge is -2.25. The third kappa shape index (κ3) is 47.5. The van der Waals surface area contributed by atoms with Gasteiger partial charge >= 0.3 is 17.9 Å². The Morgan fingerprint density at radius 3 is 1.25 bits per heavy atom. The summed E-state index contributed by atoms with van der Waals surface area (Å²) in [6.45, 7) is 4.88. The third-order valence-corrected chi connectivity index (χ3v) is 11.7. The number of nitrogens with zero attached hydrogens (tertiary/aromatic N) is 1. The molecule has 0 rings (SSSR count). The Bertz CT molecular complexity index is 1090. The lowest BCUT2D eigenvalue weighted by atomic mass is 10.0. The van der Waals surface area contributed by atoms with Gasteiger partial charge in [0.2, 0.25) is 0 Å². The van der Waals surface area contributed by atoms with E-state index in [0.717, 1.165) is 44.9 Å². The first kappa shape index (κ1) is 60.8. The van der Waals surface area contributed by atoms with Crippen molar-refractivity contribution in [1.82, 2.24) is 0 Å². The normalized spacial score (nSPS) is 13.0. The van der Waals surface area contributed by atoms with Gasteiger partial charge in [0.25, 0.3) is 6.29 Å². The Morgan fingerprint density at radius 2 is 0.857 bits per heavy atom. The van der Waals surface area contributed by atoms with Crippen LogP contribution in [0.1, 0.15) is 245 Å². The predicted molar refractivity (Wildman–Crippen MR) is 263 cm³/mol. The zero-order chi connectivity index (χ0) is 46.3. The van der Waals surface area contributed by atoms with Crippen LogP contribution in [0.4, 0.5) is 0 Å². The smallest absolute Gasteiger partial charge is 0.361 e. The molecule has 0 radical (unpaired) electrons. The second-order valence-corrected chi connectivity index (χ2v) is 19.2. The summed E-state index contributed by atoms with van der Waals surface area (Å²) in [7, 11) is 5.97. The minimum absolute atomic E-state index is 0.177. The second kappa shape index (κ2) is 46.3. The SMILES string of the molecule is CCCCCCC/C=C\C/C=C\CCCCCCCCCCCCCCCCCC(=O)OC(COC(=O)CCCCCCCCCCCCC)COC(OCC[N+](C)(C)C)C(=O)O. The van der Waals surface area contributed by atoms with Crippen LogP contribution in [0.15, 0.2) is 24.3 Å². The Labute approximate surface area is 388 Å². The van der Waals surface area contributed by atoms with E-state index in [1.165, 1.54) is 173 Å². The van der Waals surface area contributed by atoms with Gasteiger partial charge in [0.15, 0.2) is 6.10 Å². The molecule has 0 fully saturated rings. The van der Waals surface area contributed by atoms with Crippen LogP contribution in [0, 0.1) is 0 Å². The van der Waals surface area contributed by atoms with Crippen molar-refractivity contribution in [2.24, 2.45) is 0 Å². The van der Waals surface area contributed by atoms with Gasteiger partial charge in [0, 0.05) is 12.8 Å². The minimum atomic E-state index is -1.50. The van der Waals surface area contributed by atoms with Crippen LogP contribution in [0.5, 0.6) is 0 Å². The van der Waals surface area contributed by atoms with E-state index in [4.69, 9.17) is 18.9 Å². The van der Waals surface area contributed by atoms with Crippen LogP contribution in [0.2, 0.25) is 0 Å². The molecule has 0 aromatic heterocycles. The average molecular weight is 893 g/mol. The van der Waals surface area contributed by atoms with E-state index in [2.05, 4.69) is 38.2 Å². The molecular formula is C54H102NO8+. The van der Waals surface area contributed by atoms with Gasteiger partial charge in [0.05, 0.1) is 34.4 Å². The summed E-state index contributed by atoms with van der Waals surface area (Å²) in [5.74, 6) is -1.99. The van der Waals surface area contributed by atoms with E-state index in [0.29, 0.717) is 17.4 Å². The number of carboxylic acid groups (broad SMARTS) is 1. The van der Waals surface area contributed by atoms with Crippen molar-refractivity contribution in [3.63, 3.8) is 0 Å². The maximum Gasteiger partial charge on any atom is 0.361 e. The van der Waals surface area contributed by atoms with Crippen LogP contribution in [0.25, 0.3) is 0 Å². The van der Waals surface area contributed by atoms with Gasteiger partial charge < -0.3 is 28.5 Å². The monoisotopic (exact) mass is 893 g/mol. The molecule has 0 saturated heterocycles. The number of ether oxygens (including phenoxy) is 4. The van der Waals surface area contributed by atoms with Crippen LogP contribution in [-0.4, -0.2) is 87.4 Å². The number of likely N-dealkylation sites (N-methyl/N-ethyl adjacent to an activating group) is 1. The van der Waals surface area contributed by atoms with Crippen molar-refractivity contribution in [2.75, 3.05) is 47.5 Å². The van der Waals surface area contributed by atoms with E-state index in [9.17, 15) is 19.5 Å². The van der Waals surface area contributed by atoms with Crippen molar-refractivity contribution in [3.8, 4) is 0 Å². The van der Waals surface area contributed by atoms with Gasteiger partial charge in [-0.3, -0.25) is 9.59 Å². The first-order valence-corrected chi connectivity index (χ1v) is 26.5. The van der Waals surface area contributed by atoms with Crippen molar-refractivity contribution < 1.29 is 42.9 Å². The molecule has 0 aliphatic heterocycles. The molecule has 2 atom stereocenters. The fourth-order valence-corrected chi connectivity index (χ4v) is 7.57. The molecule has 0 amide bonds. The number of hydrogen-bond donors (Lipinski definition) is 1. The summed E-state index contributed by atoms with van der Waals surface area (Å²) in [6.07, 6.45) is 49.7. The fraction of sp³-hybridized carbons (Fsp3) is 0.870. The van der Waals surface area contributed by atoms with Gasteiger partial charge in [-0.15, -0.1) is 0 Å². The zero-order valence-electron chi connectivity index (χ0n) is 42.0. The highest BCUT2D eigenvalue weighted by atomic mass is 16.7. The highest BCUT2D eigenvalue weighted by Gasteiger charge is 2.25. The Morgan fingerprint density at radius 1 is 0.476 bits per heavy atom. The number of quaternary nitrogens is 1. The van der Waals surface area contributed by atoms with E-state index < -0.39 is 24.3 Å². The van der Waals surface area contributed by atoms with E-state index in [1.54, 1.807) is 0 Å². The van der Waals surface area contributed by atoms with Crippen molar-refractivity contribution in [1.29, 1.82) is 0 Å². The number of rotatable bonds is 49. The molecule has 0 spiro atoms. The molecule has 63 heavy (non-hydrogen) atoms.